The Balaban J connectivity index is 0.960. The third kappa shape index (κ3) is 4.89. The first-order chi connectivity index (χ1) is 21.6. The molecule has 5 atom stereocenters. The number of pyridine rings is 2. The molecular formula is C33H39N7O4. The Morgan fingerprint density at radius 2 is 1.93 bits per heavy atom. The van der Waals surface area contributed by atoms with E-state index in [4.69, 9.17) is 14.5 Å². The Morgan fingerprint density at radius 3 is 2.64 bits per heavy atom. The van der Waals surface area contributed by atoms with Crippen LogP contribution in [0, 0.1) is 17.2 Å². The van der Waals surface area contributed by atoms with Gasteiger partial charge in [-0.05, 0) is 62.6 Å². The van der Waals surface area contributed by atoms with Crippen molar-refractivity contribution >= 4 is 17.2 Å². The maximum absolute atomic E-state index is 13.0. The zero-order valence-electron chi connectivity index (χ0n) is 24.9. The van der Waals surface area contributed by atoms with E-state index in [1.165, 1.54) is 0 Å². The van der Waals surface area contributed by atoms with Crippen LogP contribution in [0.25, 0.3) is 16.6 Å². The van der Waals surface area contributed by atoms with Gasteiger partial charge in [0.15, 0.2) is 0 Å². The van der Waals surface area contributed by atoms with Gasteiger partial charge in [0.2, 0.25) is 5.91 Å². The van der Waals surface area contributed by atoms with Crippen LogP contribution in [0.4, 0.5) is 5.82 Å². The molecule has 1 amide bonds. The van der Waals surface area contributed by atoms with E-state index in [1.54, 1.807) is 10.7 Å². The van der Waals surface area contributed by atoms with Gasteiger partial charge in [-0.1, -0.05) is 0 Å². The van der Waals surface area contributed by atoms with Crippen molar-refractivity contribution < 1.29 is 19.4 Å². The highest BCUT2D eigenvalue weighted by atomic mass is 16.5. The summed E-state index contributed by atoms with van der Waals surface area (Å²) in [5.41, 5.74) is 2.97. The number of hydrogen-bond donors (Lipinski definition) is 1. The Hall–Kier alpha value is -3.72. The third-order valence-corrected chi connectivity index (χ3v) is 10.6. The fraction of sp³-hybridized carbons (Fsp3) is 0.576. The number of fused-ring (bicyclic) bond motifs is 5. The van der Waals surface area contributed by atoms with Crippen molar-refractivity contribution in [3.8, 4) is 22.9 Å². The van der Waals surface area contributed by atoms with Crippen LogP contribution in [0.2, 0.25) is 0 Å². The number of rotatable bonds is 8. The summed E-state index contributed by atoms with van der Waals surface area (Å²) in [7, 11) is 0. The summed E-state index contributed by atoms with van der Waals surface area (Å²) in [6.07, 6.45) is 11.8. The van der Waals surface area contributed by atoms with Crippen LogP contribution < -0.4 is 9.64 Å². The number of anilines is 1. The summed E-state index contributed by atoms with van der Waals surface area (Å²) in [5, 5.41) is 24.5. The molecule has 230 valence electrons. The van der Waals surface area contributed by atoms with Crippen LogP contribution in [0.3, 0.4) is 0 Å². The van der Waals surface area contributed by atoms with Crippen molar-refractivity contribution in [3.63, 3.8) is 0 Å². The zero-order valence-corrected chi connectivity index (χ0v) is 24.9. The number of aliphatic hydroxyl groups is 1. The predicted octanol–water partition coefficient (Wildman–Crippen LogP) is 2.85. The lowest BCUT2D eigenvalue weighted by Gasteiger charge is -2.57. The first-order valence-corrected chi connectivity index (χ1v) is 16.1. The lowest BCUT2D eigenvalue weighted by atomic mass is 9.86. The summed E-state index contributed by atoms with van der Waals surface area (Å²) >= 11 is 0. The zero-order chi connectivity index (χ0) is 29.8. The highest BCUT2D eigenvalue weighted by Gasteiger charge is 2.47. The average molecular weight is 598 g/mol. The molecule has 11 nitrogen and oxygen atoms in total. The van der Waals surface area contributed by atoms with Gasteiger partial charge in [0.1, 0.15) is 24.2 Å². The van der Waals surface area contributed by atoms with Gasteiger partial charge in [-0.3, -0.25) is 9.69 Å². The Labute approximate surface area is 257 Å². The molecule has 0 aromatic carbocycles. The normalized spacial score (nSPS) is 28.3. The molecular weight excluding hydrogens is 558 g/mol. The van der Waals surface area contributed by atoms with Gasteiger partial charge in [0.05, 0.1) is 41.7 Å². The number of nitrogens with zero attached hydrogens (tertiary/aromatic N) is 7. The van der Waals surface area contributed by atoms with Crippen LogP contribution in [0.5, 0.6) is 5.75 Å². The van der Waals surface area contributed by atoms with Gasteiger partial charge in [0.25, 0.3) is 0 Å². The Morgan fingerprint density at radius 1 is 1.09 bits per heavy atom. The molecule has 6 fully saturated rings. The number of aromatic nitrogens is 3. The minimum atomic E-state index is -0.222. The third-order valence-electron chi connectivity index (χ3n) is 10.6. The number of piperazine rings is 1. The first kappa shape index (κ1) is 27.8. The van der Waals surface area contributed by atoms with E-state index < -0.39 is 0 Å². The van der Waals surface area contributed by atoms with Gasteiger partial charge in [-0.25, -0.2) is 9.50 Å². The molecule has 0 saturated carbocycles. The molecule has 9 heterocycles. The van der Waals surface area contributed by atoms with Gasteiger partial charge < -0.3 is 24.4 Å². The SMILES string of the molecule is N#Cc1cnn2cc(OCCN3C4CCC3C(O)C4)cc(-c3ccc(N4C5CC4CN(C(=O)CC4CCOCC4)C5)nc3)c12. The molecule has 5 unspecified atom stereocenters. The van der Waals surface area contributed by atoms with Crippen molar-refractivity contribution in [2.45, 2.75) is 75.2 Å². The summed E-state index contributed by atoms with van der Waals surface area (Å²) in [4.78, 5) is 24.7. The van der Waals surface area contributed by atoms with Crippen LogP contribution >= 0.6 is 0 Å². The topological polar surface area (TPSA) is 119 Å². The van der Waals surface area contributed by atoms with Crippen LogP contribution in [0.15, 0.2) is 36.8 Å². The maximum Gasteiger partial charge on any atom is 0.222 e. The molecule has 6 saturated heterocycles. The molecule has 9 rings (SSSR count). The predicted molar refractivity (Wildman–Crippen MR) is 162 cm³/mol. The van der Waals surface area contributed by atoms with E-state index in [9.17, 15) is 15.2 Å². The monoisotopic (exact) mass is 597 g/mol. The maximum atomic E-state index is 13.0. The number of amides is 1. The molecule has 4 bridgehead atoms. The van der Waals surface area contributed by atoms with E-state index >= 15 is 0 Å². The van der Waals surface area contributed by atoms with Gasteiger partial charge in [-0.2, -0.15) is 10.4 Å². The summed E-state index contributed by atoms with van der Waals surface area (Å²) in [5.74, 6) is 2.33. The fourth-order valence-corrected chi connectivity index (χ4v) is 8.38. The van der Waals surface area contributed by atoms with Crippen LogP contribution in [-0.4, -0.2) is 105 Å². The standard InChI is InChI=1S/C33H39N7O4/c34-15-23-17-36-39-20-27(44-10-7-38-24-2-3-29(38)30(41)13-24)14-28(33(23)39)22-1-4-31(35-16-22)40-25-12-26(40)19-37(18-25)32(42)11-21-5-8-43-9-6-21/h1,4,14,16-17,20-21,24-26,29-30,41H,2-3,5-13,18-19H2. The number of nitriles is 1. The van der Waals surface area contributed by atoms with Crippen molar-refractivity contribution in [1.29, 1.82) is 5.26 Å². The average Bonchev–Trinajstić information content (AvgIpc) is 3.73. The quantitative estimate of drug-likeness (QED) is 0.418. The molecule has 1 N–H and O–H groups in total. The van der Waals surface area contributed by atoms with Gasteiger partial charge in [-0.15, -0.1) is 0 Å². The molecule has 0 aliphatic carbocycles. The number of carbonyl (C=O) groups is 1. The number of hydrogen-bond acceptors (Lipinski definition) is 9. The molecule has 0 radical (unpaired) electrons. The molecule has 44 heavy (non-hydrogen) atoms. The second-order valence-corrected chi connectivity index (χ2v) is 13.2. The minimum absolute atomic E-state index is 0.222. The summed E-state index contributed by atoms with van der Waals surface area (Å²) in [6, 6.07) is 9.65. The van der Waals surface area contributed by atoms with E-state index in [0.29, 0.717) is 48.4 Å². The molecule has 3 aromatic heterocycles. The molecule has 6 aliphatic heterocycles. The lowest BCUT2D eigenvalue weighted by molar-refractivity contribution is -0.136. The molecule has 11 heteroatoms. The highest BCUT2D eigenvalue weighted by Crippen LogP contribution is 2.39. The van der Waals surface area contributed by atoms with Gasteiger partial charge >= 0.3 is 0 Å². The fourth-order valence-electron chi connectivity index (χ4n) is 8.38. The molecule has 3 aromatic rings. The highest BCUT2D eigenvalue weighted by molar-refractivity contribution is 5.85. The number of piperidine rings is 1. The number of carbonyl (C=O) groups excluding carboxylic acids is 1. The van der Waals surface area contributed by atoms with E-state index in [1.807, 2.05) is 18.5 Å². The van der Waals surface area contributed by atoms with E-state index in [2.05, 4.69) is 38.0 Å². The Kier molecular flexibility index (Phi) is 7.16. The van der Waals surface area contributed by atoms with E-state index in [-0.39, 0.29) is 18.1 Å². The van der Waals surface area contributed by atoms with Crippen molar-refractivity contribution in [2.24, 2.45) is 5.92 Å². The molecule has 6 aliphatic rings. The molecule has 0 spiro atoms. The largest absolute Gasteiger partial charge is 0.491 e. The smallest absolute Gasteiger partial charge is 0.222 e. The Bertz CT molecular complexity index is 1570. The summed E-state index contributed by atoms with van der Waals surface area (Å²) < 4.78 is 13.4. The van der Waals surface area contributed by atoms with Crippen molar-refractivity contribution in [2.75, 3.05) is 44.4 Å². The van der Waals surface area contributed by atoms with E-state index in [0.717, 1.165) is 93.8 Å². The number of aliphatic hydroxyl groups excluding tert-OH is 1. The van der Waals surface area contributed by atoms with Crippen molar-refractivity contribution in [1.82, 2.24) is 24.4 Å². The first-order valence-electron chi connectivity index (χ1n) is 16.1. The lowest BCUT2D eigenvalue weighted by Crippen LogP contribution is -2.70. The van der Waals surface area contributed by atoms with Crippen LogP contribution in [-0.2, 0) is 9.53 Å². The van der Waals surface area contributed by atoms with Gasteiger partial charge in [0, 0.05) is 68.7 Å². The van der Waals surface area contributed by atoms with Crippen molar-refractivity contribution in [3.05, 3.63) is 42.4 Å². The second-order valence-electron chi connectivity index (χ2n) is 13.2. The number of ether oxygens (including phenoxy) is 2. The summed E-state index contributed by atoms with van der Waals surface area (Å²) in [6.45, 7) is 4.33. The minimum Gasteiger partial charge on any atom is -0.491 e. The second kappa shape index (κ2) is 11.3. The van der Waals surface area contributed by atoms with Crippen LogP contribution in [0.1, 0.15) is 50.5 Å².